The van der Waals surface area contributed by atoms with Crippen molar-refractivity contribution in [2.24, 2.45) is 5.92 Å². The highest BCUT2D eigenvalue weighted by molar-refractivity contribution is 5.87. The van der Waals surface area contributed by atoms with E-state index in [4.69, 9.17) is 4.74 Å². The number of carbonyl (C=O) groups excluding carboxylic acids is 2. The molecular formula is C27H30N2O6. The summed E-state index contributed by atoms with van der Waals surface area (Å²) >= 11 is 0. The van der Waals surface area contributed by atoms with Crippen LogP contribution in [-0.2, 0) is 14.3 Å². The maximum Gasteiger partial charge on any atom is 0.407 e. The summed E-state index contributed by atoms with van der Waals surface area (Å²) in [6, 6.07) is 15.3. The molecule has 1 aliphatic heterocycles. The lowest BCUT2D eigenvalue weighted by molar-refractivity contribution is -0.167. The lowest BCUT2D eigenvalue weighted by atomic mass is 9.92. The number of carbonyl (C=O) groups is 3. The maximum atomic E-state index is 13.2. The zero-order chi connectivity index (χ0) is 24.6. The number of β-amino-alcohol motifs (C(OH)–C–C–N with tert-alkyl or cyclic N) is 1. The van der Waals surface area contributed by atoms with Gasteiger partial charge in [0.05, 0.1) is 6.54 Å². The Morgan fingerprint density at radius 2 is 1.69 bits per heavy atom. The molecule has 2 amide bonds. The van der Waals surface area contributed by atoms with Crippen LogP contribution >= 0.6 is 0 Å². The van der Waals surface area contributed by atoms with Gasteiger partial charge in [-0.3, -0.25) is 4.79 Å². The van der Waals surface area contributed by atoms with Crippen LogP contribution in [0.4, 0.5) is 4.79 Å². The van der Waals surface area contributed by atoms with Gasteiger partial charge in [0.25, 0.3) is 0 Å². The van der Waals surface area contributed by atoms with E-state index in [1.165, 1.54) is 4.90 Å². The highest BCUT2D eigenvalue weighted by Gasteiger charge is 2.44. The van der Waals surface area contributed by atoms with E-state index >= 15 is 0 Å². The normalized spacial score (nSPS) is 22.1. The van der Waals surface area contributed by atoms with Crippen LogP contribution in [0.1, 0.15) is 49.1 Å². The van der Waals surface area contributed by atoms with Crippen molar-refractivity contribution in [2.75, 3.05) is 19.7 Å². The predicted molar refractivity (Wildman–Crippen MR) is 128 cm³/mol. The van der Waals surface area contributed by atoms with Crippen LogP contribution in [0, 0.1) is 5.92 Å². The summed E-state index contributed by atoms with van der Waals surface area (Å²) in [6.07, 6.45) is 2.28. The molecule has 2 unspecified atom stereocenters. The molecule has 2 aromatic rings. The van der Waals surface area contributed by atoms with Crippen LogP contribution in [-0.4, -0.2) is 64.4 Å². The average Bonchev–Trinajstić information content (AvgIpc) is 3.62. The second-order valence-corrected chi connectivity index (χ2v) is 9.90. The molecule has 2 aromatic carbocycles. The Bertz CT molecular complexity index is 1100. The van der Waals surface area contributed by atoms with Gasteiger partial charge in [0.2, 0.25) is 5.91 Å². The van der Waals surface area contributed by atoms with Crippen LogP contribution in [0.15, 0.2) is 48.5 Å². The van der Waals surface area contributed by atoms with Crippen LogP contribution < -0.4 is 5.32 Å². The predicted octanol–water partition coefficient (Wildman–Crippen LogP) is 3.13. The van der Waals surface area contributed by atoms with Crippen molar-refractivity contribution in [1.82, 2.24) is 10.2 Å². The zero-order valence-electron chi connectivity index (χ0n) is 19.5. The molecule has 0 radical (unpaired) electrons. The summed E-state index contributed by atoms with van der Waals surface area (Å²) in [5.74, 6) is -1.44. The van der Waals surface area contributed by atoms with E-state index in [1.807, 2.05) is 36.4 Å². The van der Waals surface area contributed by atoms with E-state index in [0.717, 1.165) is 35.1 Å². The lowest BCUT2D eigenvalue weighted by Gasteiger charge is -2.38. The molecule has 0 spiro atoms. The molecule has 35 heavy (non-hydrogen) atoms. The van der Waals surface area contributed by atoms with Crippen LogP contribution in [0.5, 0.6) is 0 Å². The number of aliphatic carboxylic acids is 1. The number of aliphatic hydroxyl groups is 1. The molecule has 1 saturated heterocycles. The Balaban J connectivity index is 1.25. The number of ether oxygens (including phenoxy) is 1. The van der Waals surface area contributed by atoms with Gasteiger partial charge in [-0.05, 0) is 47.4 Å². The van der Waals surface area contributed by atoms with Gasteiger partial charge in [0.1, 0.15) is 12.6 Å². The smallest absolute Gasteiger partial charge is 0.407 e. The van der Waals surface area contributed by atoms with Crippen molar-refractivity contribution in [3.05, 3.63) is 59.7 Å². The fourth-order valence-electron chi connectivity index (χ4n) is 5.31. The minimum atomic E-state index is -1.96. The van der Waals surface area contributed by atoms with E-state index in [9.17, 15) is 24.6 Å². The number of carboxylic acids is 1. The highest BCUT2D eigenvalue weighted by atomic mass is 16.5. The van der Waals surface area contributed by atoms with Gasteiger partial charge in [0.15, 0.2) is 5.60 Å². The van der Waals surface area contributed by atoms with E-state index < -0.39 is 23.7 Å². The minimum Gasteiger partial charge on any atom is -0.479 e. The Hall–Kier alpha value is -3.39. The Morgan fingerprint density at radius 1 is 1.06 bits per heavy atom. The van der Waals surface area contributed by atoms with Crippen molar-refractivity contribution in [2.45, 2.75) is 49.7 Å². The van der Waals surface area contributed by atoms with E-state index in [0.29, 0.717) is 25.3 Å². The molecule has 3 N–H and O–H groups in total. The second kappa shape index (κ2) is 9.34. The van der Waals surface area contributed by atoms with Crippen molar-refractivity contribution in [3.63, 3.8) is 0 Å². The average molecular weight is 479 g/mol. The molecule has 8 nitrogen and oxygen atoms in total. The topological polar surface area (TPSA) is 116 Å². The molecule has 8 heteroatoms. The Labute approximate surface area is 203 Å². The molecule has 0 bridgehead atoms. The summed E-state index contributed by atoms with van der Waals surface area (Å²) in [6.45, 7) is 0.212. The summed E-state index contributed by atoms with van der Waals surface area (Å²) < 4.78 is 5.62. The number of rotatable bonds is 7. The number of benzene rings is 2. The molecule has 1 saturated carbocycles. The van der Waals surface area contributed by atoms with Crippen molar-refractivity contribution in [3.8, 4) is 11.1 Å². The maximum absolute atomic E-state index is 13.2. The van der Waals surface area contributed by atoms with E-state index in [-0.39, 0.29) is 31.4 Å². The van der Waals surface area contributed by atoms with Gasteiger partial charge in [0, 0.05) is 12.5 Å². The lowest BCUT2D eigenvalue weighted by Crippen LogP contribution is -2.58. The molecule has 1 heterocycles. The first-order chi connectivity index (χ1) is 16.9. The third-order valence-electron chi connectivity index (χ3n) is 7.38. The third-order valence-corrected chi connectivity index (χ3v) is 7.38. The molecule has 2 fully saturated rings. The third kappa shape index (κ3) is 4.75. The second-order valence-electron chi connectivity index (χ2n) is 9.90. The van der Waals surface area contributed by atoms with Crippen LogP contribution in [0.3, 0.4) is 0 Å². The first-order valence-electron chi connectivity index (χ1n) is 12.2. The van der Waals surface area contributed by atoms with E-state index in [2.05, 4.69) is 17.4 Å². The van der Waals surface area contributed by atoms with Crippen LogP contribution in [0.25, 0.3) is 11.1 Å². The fourth-order valence-corrected chi connectivity index (χ4v) is 5.31. The first-order valence-corrected chi connectivity index (χ1v) is 12.2. The number of piperidine rings is 1. The number of alkyl carbamates (subject to hydrolysis) is 1. The first kappa shape index (κ1) is 23.4. The molecule has 2 atom stereocenters. The number of hydrogen-bond donors (Lipinski definition) is 3. The zero-order valence-corrected chi connectivity index (χ0v) is 19.5. The number of carboxylic acid groups (broad SMARTS) is 1. The monoisotopic (exact) mass is 478 g/mol. The van der Waals surface area contributed by atoms with Gasteiger partial charge < -0.3 is 25.2 Å². The summed E-state index contributed by atoms with van der Waals surface area (Å²) in [5, 5.41) is 22.5. The number of fused-ring (bicyclic) bond motifs is 3. The molecule has 5 rings (SSSR count). The molecule has 0 aromatic heterocycles. The Morgan fingerprint density at radius 3 is 2.29 bits per heavy atom. The summed E-state index contributed by atoms with van der Waals surface area (Å²) in [5.41, 5.74) is 2.52. The van der Waals surface area contributed by atoms with Gasteiger partial charge in [-0.1, -0.05) is 61.4 Å². The number of nitrogens with one attached hydrogen (secondary N) is 1. The standard InChI is InChI=1S/C27H30N2O6/c30-24(29-13-5-12-27(34,16-29)25(31)32)23(14-17-10-11-17)28-26(33)35-15-22-20-8-3-1-6-18(20)19-7-2-4-9-21(19)22/h1-4,6-9,17,22-23,34H,5,10-16H2,(H,28,33)(H,31,32). The largest absolute Gasteiger partial charge is 0.479 e. The summed E-state index contributed by atoms with van der Waals surface area (Å²) in [4.78, 5) is 38.9. The van der Waals surface area contributed by atoms with E-state index in [1.54, 1.807) is 0 Å². The van der Waals surface area contributed by atoms with Gasteiger partial charge in [-0.15, -0.1) is 0 Å². The minimum absolute atomic E-state index is 0.0848. The Kier molecular flexibility index (Phi) is 6.23. The molecular weight excluding hydrogens is 448 g/mol. The molecule has 2 aliphatic carbocycles. The van der Waals surface area contributed by atoms with Crippen molar-refractivity contribution in [1.29, 1.82) is 0 Å². The van der Waals surface area contributed by atoms with Gasteiger partial charge in [-0.2, -0.15) is 0 Å². The number of nitrogens with zero attached hydrogens (tertiary/aromatic N) is 1. The van der Waals surface area contributed by atoms with Gasteiger partial charge in [-0.25, -0.2) is 9.59 Å². The van der Waals surface area contributed by atoms with Gasteiger partial charge >= 0.3 is 12.1 Å². The number of likely N-dealkylation sites (tertiary alicyclic amines) is 1. The van der Waals surface area contributed by atoms with Crippen molar-refractivity contribution >= 4 is 18.0 Å². The SMILES string of the molecule is O=C(NC(CC1CC1)C(=O)N1CCCC(O)(C(=O)O)C1)OCC1c2ccccc2-c2ccccc21. The van der Waals surface area contributed by atoms with Crippen LogP contribution in [0.2, 0.25) is 0 Å². The highest BCUT2D eigenvalue weighted by Crippen LogP contribution is 2.44. The number of hydrogen-bond acceptors (Lipinski definition) is 5. The summed E-state index contributed by atoms with van der Waals surface area (Å²) in [7, 11) is 0. The number of amides is 2. The fraction of sp³-hybridized carbons (Fsp3) is 0.444. The van der Waals surface area contributed by atoms with Crippen molar-refractivity contribution < 1.29 is 29.3 Å². The quantitative estimate of drug-likeness (QED) is 0.563. The molecule has 184 valence electrons. The molecule has 3 aliphatic rings.